The van der Waals surface area contributed by atoms with Crippen molar-refractivity contribution in [3.8, 4) is 17.1 Å². The van der Waals surface area contributed by atoms with Gasteiger partial charge >= 0.3 is 0 Å². The summed E-state index contributed by atoms with van der Waals surface area (Å²) in [4.78, 5) is 17.9. The molecule has 0 aliphatic heterocycles. The van der Waals surface area contributed by atoms with E-state index in [2.05, 4.69) is 15.5 Å². The predicted molar refractivity (Wildman–Crippen MR) is 148 cm³/mol. The van der Waals surface area contributed by atoms with Crippen molar-refractivity contribution >= 4 is 46.0 Å². The number of methoxy groups -OCH3 is 1. The lowest BCUT2D eigenvalue weighted by Crippen LogP contribution is -2.16. The van der Waals surface area contributed by atoms with Gasteiger partial charge in [0.2, 0.25) is 17.6 Å². The number of rotatable bonds is 9. The fourth-order valence-electron chi connectivity index (χ4n) is 4.45. The molecule has 1 aliphatic rings. The van der Waals surface area contributed by atoms with E-state index in [4.69, 9.17) is 32.5 Å². The number of anilines is 1. The number of nitrogens with one attached hydrogen (secondary N) is 1. The second kappa shape index (κ2) is 11.2. The van der Waals surface area contributed by atoms with Gasteiger partial charge in [-0.05, 0) is 72.9 Å². The molecule has 0 radical (unpaired) electrons. The fraction of sp³-hybridized carbons (Fsp3) is 0.250. The lowest BCUT2D eigenvalue weighted by Gasteiger charge is -2.17. The zero-order valence-electron chi connectivity index (χ0n) is 21.1. The Kier molecular flexibility index (Phi) is 7.87. The molecule has 1 atom stereocenters. The van der Waals surface area contributed by atoms with Crippen molar-refractivity contribution < 1.29 is 23.0 Å². The monoisotopic (exact) mass is 587 g/mol. The van der Waals surface area contributed by atoms with Crippen molar-refractivity contribution in [1.29, 1.82) is 0 Å². The first-order chi connectivity index (χ1) is 18.7. The van der Waals surface area contributed by atoms with Gasteiger partial charge in [-0.3, -0.25) is 4.79 Å². The Hall–Kier alpha value is -3.11. The van der Waals surface area contributed by atoms with Gasteiger partial charge in [0.25, 0.3) is 0 Å². The summed E-state index contributed by atoms with van der Waals surface area (Å²) in [5.41, 5.74) is 1.35. The summed E-state index contributed by atoms with van der Waals surface area (Å²) in [7, 11) is 1.46. The largest absolute Gasteiger partial charge is 0.611 e. The van der Waals surface area contributed by atoms with Gasteiger partial charge in [0, 0.05) is 27.4 Å². The minimum atomic E-state index is -1.04. The Morgan fingerprint density at radius 2 is 1.85 bits per heavy atom. The van der Waals surface area contributed by atoms with Gasteiger partial charge < -0.3 is 19.1 Å². The summed E-state index contributed by atoms with van der Waals surface area (Å²) < 4.78 is 37.1. The molecule has 1 fully saturated rings. The number of hydrogen-bond acceptors (Lipinski definition) is 6. The van der Waals surface area contributed by atoms with Crippen molar-refractivity contribution in [3.63, 3.8) is 0 Å². The maximum absolute atomic E-state index is 14.6. The number of carbonyl (C=O) groups is 1. The van der Waals surface area contributed by atoms with Crippen LogP contribution >= 0.6 is 23.2 Å². The number of carbonyl (C=O) groups excluding carboxylic acids is 1. The number of ether oxygens (including phenoxy) is 1. The van der Waals surface area contributed by atoms with Crippen LogP contribution < -0.4 is 10.1 Å². The van der Waals surface area contributed by atoms with E-state index in [1.54, 1.807) is 42.5 Å². The van der Waals surface area contributed by atoms with Crippen LogP contribution in [-0.4, -0.2) is 33.5 Å². The summed E-state index contributed by atoms with van der Waals surface area (Å²) >= 11 is 12.3. The van der Waals surface area contributed by atoms with Crippen LogP contribution in [0.25, 0.3) is 11.4 Å². The quantitative estimate of drug-likeness (QED) is 0.222. The summed E-state index contributed by atoms with van der Waals surface area (Å²) in [6.45, 7) is 1.85. The van der Waals surface area contributed by atoms with Gasteiger partial charge in [-0.1, -0.05) is 40.5 Å². The smallest absolute Gasteiger partial charge is 0.237 e. The zero-order valence-corrected chi connectivity index (χ0v) is 23.4. The second-order valence-electron chi connectivity index (χ2n) is 9.17. The maximum atomic E-state index is 14.6. The average molecular weight is 588 g/mol. The van der Waals surface area contributed by atoms with Gasteiger partial charge in [0.1, 0.15) is 17.3 Å². The SMILES string of the molecule is CC[S+]([O-])c1ccc(CC(=O)Nc2cc(Cl)c(C3(c4nc(-c5ccc(OC)cc5F)no4)CC3)c(Cl)c2)cc1. The van der Waals surface area contributed by atoms with E-state index in [0.717, 1.165) is 10.5 Å². The lowest BCUT2D eigenvalue weighted by atomic mass is 9.95. The Morgan fingerprint density at radius 3 is 2.44 bits per heavy atom. The molecule has 0 saturated heterocycles. The topological polar surface area (TPSA) is 100 Å². The number of hydrogen-bond donors (Lipinski definition) is 1. The summed E-state index contributed by atoms with van der Waals surface area (Å²) in [6, 6.07) is 14.8. The third-order valence-electron chi connectivity index (χ3n) is 6.62. The van der Waals surface area contributed by atoms with Gasteiger partial charge in [0.15, 0.2) is 4.90 Å². The molecule has 39 heavy (non-hydrogen) atoms. The van der Waals surface area contributed by atoms with E-state index < -0.39 is 22.4 Å². The number of benzene rings is 3. The first kappa shape index (κ1) is 27.5. The van der Waals surface area contributed by atoms with E-state index >= 15 is 0 Å². The van der Waals surface area contributed by atoms with E-state index in [-0.39, 0.29) is 23.7 Å². The highest BCUT2D eigenvalue weighted by molar-refractivity contribution is 7.91. The molecule has 1 amide bonds. The molecular formula is C28H24Cl2FN3O4S. The van der Waals surface area contributed by atoms with Crippen LogP contribution in [0.1, 0.15) is 36.8 Å². The van der Waals surface area contributed by atoms with E-state index in [0.29, 0.717) is 51.5 Å². The van der Waals surface area contributed by atoms with Crippen molar-refractivity contribution in [1.82, 2.24) is 10.1 Å². The van der Waals surface area contributed by atoms with E-state index in [1.165, 1.54) is 19.2 Å². The number of aromatic nitrogens is 2. The first-order valence-electron chi connectivity index (χ1n) is 12.2. The molecule has 4 aromatic rings. The van der Waals surface area contributed by atoms with Gasteiger partial charge in [-0.15, -0.1) is 0 Å². The Labute approximate surface area is 237 Å². The minimum absolute atomic E-state index is 0.113. The standard InChI is InChI=1S/C28H24Cl2FN3O4S/c1-3-39(36)19-7-4-16(5-8-19)12-24(35)32-17-13-21(29)25(22(30)14-17)28(10-11-28)27-33-26(34-38-27)20-9-6-18(37-2)15-23(20)31/h4-9,13-15H,3,10-12H2,1-2H3,(H,32,35). The summed E-state index contributed by atoms with van der Waals surface area (Å²) in [6.07, 6.45) is 1.47. The van der Waals surface area contributed by atoms with Crippen molar-refractivity contribution in [2.45, 2.75) is 36.5 Å². The zero-order chi connectivity index (χ0) is 27.7. The van der Waals surface area contributed by atoms with Gasteiger partial charge in [-0.2, -0.15) is 4.98 Å². The molecule has 5 rings (SSSR count). The van der Waals surface area contributed by atoms with Crippen LogP contribution in [0.3, 0.4) is 0 Å². The second-order valence-corrected chi connectivity index (χ2v) is 11.7. The predicted octanol–water partition coefficient (Wildman–Crippen LogP) is 6.58. The maximum Gasteiger partial charge on any atom is 0.237 e. The molecule has 1 N–H and O–H groups in total. The molecule has 11 heteroatoms. The minimum Gasteiger partial charge on any atom is -0.611 e. The highest BCUT2D eigenvalue weighted by Gasteiger charge is 2.53. The highest BCUT2D eigenvalue weighted by atomic mass is 35.5. The molecule has 1 aromatic heterocycles. The summed E-state index contributed by atoms with van der Waals surface area (Å²) in [5, 5.41) is 7.50. The molecular weight excluding hydrogens is 564 g/mol. The Morgan fingerprint density at radius 1 is 1.15 bits per heavy atom. The Bertz CT molecular complexity index is 1500. The third kappa shape index (κ3) is 5.63. The molecule has 0 spiro atoms. The number of halogens is 3. The van der Waals surface area contributed by atoms with Crippen molar-refractivity contribution in [2.24, 2.45) is 0 Å². The third-order valence-corrected chi connectivity index (χ3v) is 8.54. The normalized spacial score (nSPS) is 14.6. The average Bonchev–Trinajstić information content (AvgIpc) is 3.55. The van der Waals surface area contributed by atoms with Crippen LogP contribution in [-0.2, 0) is 27.8 Å². The molecule has 1 aliphatic carbocycles. The van der Waals surface area contributed by atoms with E-state index in [9.17, 15) is 13.7 Å². The molecule has 7 nitrogen and oxygen atoms in total. The van der Waals surface area contributed by atoms with Gasteiger partial charge in [-0.25, -0.2) is 4.39 Å². The highest BCUT2D eigenvalue weighted by Crippen LogP contribution is 2.57. The van der Waals surface area contributed by atoms with Crippen LogP contribution in [0, 0.1) is 5.82 Å². The van der Waals surface area contributed by atoms with Crippen LogP contribution in [0.4, 0.5) is 10.1 Å². The molecule has 3 aromatic carbocycles. The van der Waals surface area contributed by atoms with Gasteiger partial charge in [0.05, 0.1) is 24.5 Å². The lowest BCUT2D eigenvalue weighted by molar-refractivity contribution is -0.115. The Balaban J connectivity index is 1.33. The van der Waals surface area contributed by atoms with Crippen LogP contribution in [0.5, 0.6) is 5.75 Å². The van der Waals surface area contributed by atoms with Crippen LogP contribution in [0.2, 0.25) is 10.0 Å². The number of amides is 1. The van der Waals surface area contributed by atoms with Crippen molar-refractivity contribution in [3.05, 3.63) is 87.5 Å². The molecule has 1 heterocycles. The molecule has 0 bridgehead atoms. The molecule has 1 saturated carbocycles. The van der Waals surface area contributed by atoms with Crippen LogP contribution in [0.15, 0.2) is 64.0 Å². The first-order valence-corrected chi connectivity index (χ1v) is 14.3. The fourth-order valence-corrected chi connectivity index (χ4v) is 6.07. The molecule has 1 unspecified atom stereocenters. The van der Waals surface area contributed by atoms with Crippen molar-refractivity contribution in [2.75, 3.05) is 18.2 Å². The number of nitrogens with zero attached hydrogens (tertiary/aromatic N) is 2. The summed E-state index contributed by atoms with van der Waals surface area (Å²) in [5.74, 6) is 0.542. The molecule has 202 valence electrons. The van der Waals surface area contributed by atoms with E-state index in [1.807, 2.05) is 6.92 Å².